The monoisotopic (exact) mass is 306 g/mol. The predicted octanol–water partition coefficient (Wildman–Crippen LogP) is 3.14. The van der Waals surface area contributed by atoms with Gasteiger partial charge in [-0.15, -0.1) is 0 Å². The Kier molecular flexibility index (Phi) is 4.01. The lowest BCUT2D eigenvalue weighted by atomic mass is 10.0. The average molecular weight is 306 g/mol. The summed E-state index contributed by atoms with van der Waals surface area (Å²) in [6, 6.07) is 11.9. The minimum Gasteiger partial charge on any atom is -0.505 e. The molecule has 1 aromatic carbocycles. The van der Waals surface area contributed by atoms with Gasteiger partial charge in [-0.2, -0.15) is 0 Å². The van der Waals surface area contributed by atoms with E-state index in [1.807, 2.05) is 12.1 Å². The van der Waals surface area contributed by atoms with Gasteiger partial charge in [-0.3, -0.25) is 9.97 Å². The van der Waals surface area contributed by atoms with Crippen molar-refractivity contribution in [3.8, 4) is 16.9 Å². The number of carboxylic acid groups (broad SMARTS) is 1. The Bertz CT molecular complexity index is 848. The van der Waals surface area contributed by atoms with Gasteiger partial charge in [-0.1, -0.05) is 18.2 Å². The normalized spacial score (nSPS) is 10.4. The Hall–Kier alpha value is -3.21. The van der Waals surface area contributed by atoms with Crippen LogP contribution in [0.1, 0.15) is 21.6 Å². The summed E-state index contributed by atoms with van der Waals surface area (Å²) in [6.45, 7) is 0. The van der Waals surface area contributed by atoms with E-state index in [4.69, 9.17) is 5.11 Å². The zero-order valence-electron chi connectivity index (χ0n) is 12.2. The van der Waals surface area contributed by atoms with Crippen LogP contribution in [-0.4, -0.2) is 26.2 Å². The van der Waals surface area contributed by atoms with Crippen LogP contribution in [0.15, 0.2) is 61.1 Å². The van der Waals surface area contributed by atoms with Crippen molar-refractivity contribution in [2.75, 3.05) is 0 Å². The highest BCUT2D eigenvalue weighted by molar-refractivity contribution is 5.89. The fraction of sp³-hybridized carbons (Fsp3) is 0.0556. The van der Waals surface area contributed by atoms with Gasteiger partial charge in [0.05, 0.1) is 11.3 Å². The molecule has 23 heavy (non-hydrogen) atoms. The first kappa shape index (κ1) is 14.7. The molecule has 0 aliphatic carbocycles. The lowest BCUT2D eigenvalue weighted by Crippen LogP contribution is -1.97. The number of hydrogen-bond donors (Lipinski definition) is 2. The molecule has 5 heteroatoms. The summed E-state index contributed by atoms with van der Waals surface area (Å²) in [7, 11) is 0. The molecule has 2 heterocycles. The maximum absolute atomic E-state index is 11.1. The zero-order valence-corrected chi connectivity index (χ0v) is 12.2. The number of rotatable bonds is 4. The maximum atomic E-state index is 11.1. The molecule has 114 valence electrons. The van der Waals surface area contributed by atoms with Gasteiger partial charge in [-0.05, 0) is 35.4 Å². The summed E-state index contributed by atoms with van der Waals surface area (Å²) in [5, 5.41) is 19.6. The maximum Gasteiger partial charge on any atom is 0.335 e. The molecule has 2 N–H and O–H groups in total. The van der Waals surface area contributed by atoms with E-state index < -0.39 is 5.97 Å². The molecular formula is C18H14N2O3. The quantitative estimate of drug-likeness (QED) is 0.773. The van der Waals surface area contributed by atoms with E-state index in [9.17, 15) is 9.90 Å². The SMILES string of the molecule is O=C(O)c1cccc(-c2ccnc(Cc3cccnc3)c2O)c1. The number of pyridine rings is 2. The lowest BCUT2D eigenvalue weighted by molar-refractivity contribution is 0.0697. The Labute approximate surface area is 132 Å². The van der Waals surface area contributed by atoms with E-state index in [1.54, 1.807) is 36.8 Å². The van der Waals surface area contributed by atoms with E-state index in [0.29, 0.717) is 23.2 Å². The van der Waals surface area contributed by atoms with Crippen LogP contribution in [0, 0.1) is 0 Å². The van der Waals surface area contributed by atoms with Crippen LogP contribution in [-0.2, 0) is 6.42 Å². The third-order valence-corrected chi connectivity index (χ3v) is 3.51. The van der Waals surface area contributed by atoms with Crippen molar-refractivity contribution in [2.24, 2.45) is 0 Å². The summed E-state index contributed by atoms with van der Waals surface area (Å²) in [5.41, 5.74) is 2.83. The molecular weight excluding hydrogens is 292 g/mol. The molecule has 0 radical (unpaired) electrons. The number of carbonyl (C=O) groups is 1. The van der Waals surface area contributed by atoms with Gasteiger partial charge in [0, 0.05) is 30.6 Å². The third-order valence-electron chi connectivity index (χ3n) is 3.51. The van der Waals surface area contributed by atoms with Crippen LogP contribution in [0.3, 0.4) is 0 Å². The van der Waals surface area contributed by atoms with Gasteiger partial charge < -0.3 is 10.2 Å². The molecule has 3 aromatic rings. The van der Waals surface area contributed by atoms with Crippen molar-refractivity contribution in [3.63, 3.8) is 0 Å². The van der Waals surface area contributed by atoms with Crippen molar-refractivity contribution in [1.82, 2.24) is 9.97 Å². The van der Waals surface area contributed by atoms with Crippen molar-refractivity contribution in [3.05, 3.63) is 77.9 Å². The fourth-order valence-electron chi connectivity index (χ4n) is 2.38. The summed E-state index contributed by atoms with van der Waals surface area (Å²) in [5.74, 6) is -0.949. The van der Waals surface area contributed by atoms with Gasteiger partial charge >= 0.3 is 5.97 Å². The number of aromatic carboxylic acids is 1. The Balaban J connectivity index is 2.00. The molecule has 0 unspecified atom stereocenters. The van der Waals surface area contributed by atoms with Gasteiger partial charge in [-0.25, -0.2) is 4.79 Å². The second kappa shape index (κ2) is 6.27. The van der Waals surface area contributed by atoms with Crippen LogP contribution in [0.2, 0.25) is 0 Å². The highest BCUT2D eigenvalue weighted by Gasteiger charge is 2.12. The molecule has 2 aromatic heterocycles. The predicted molar refractivity (Wildman–Crippen MR) is 85.3 cm³/mol. The fourth-order valence-corrected chi connectivity index (χ4v) is 2.38. The average Bonchev–Trinajstić information content (AvgIpc) is 2.58. The molecule has 0 saturated heterocycles. The van der Waals surface area contributed by atoms with Gasteiger partial charge in [0.1, 0.15) is 5.75 Å². The number of aromatic nitrogens is 2. The van der Waals surface area contributed by atoms with Crippen LogP contribution >= 0.6 is 0 Å². The summed E-state index contributed by atoms with van der Waals surface area (Å²) in [4.78, 5) is 19.4. The van der Waals surface area contributed by atoms with Gasteiger partial charge in [0.2, 0.25) is 0 Å². The largest absolute Gasteiger partial charge is 0.505 e. The molecule has 3 rings (SSSR count). The molecule has 0 bridgehead atoms. The topological polar surface area (TPSA) is 83.3 Å². The Morgan fingerprint density at radius 1 is 1.09 bits per heavy atom. The van der Waals surface area contributed by atoms with E-state index in [1.165, 1.54) is 12.1 Å². The molecule has 0 fully saturated rings. The second-order valence-corrected chi connectivity index (χ2v) is 5.08. The van der Waals surface area contributed by atoms with Crippen LogP contribution < -0.4 is 0 Å². The van der Waals surface area contributed by atoms with Crippen molar-refractivity contribution in [2.45, 2.75) is 6.42 Å². The molecule has 5 nitrogen and oxygen atoms in total. The van der Waals surface area contributed by atoms with Crippen molar-refractivity contribution in [1.29, 1.82) is 0 Å². The first-order valence-corrected chi connectivity index (χ1v) is 7.04. The highest BCUT2D eigenvalue weighted by Crippen LogP contribution is 2.32. The summed E-state index contributed by atoms with van der Waals surface area (Å²) in [6.07, 6.45) is 5.46. The lowest BCUT2D eigenvalue weighted by Gasteiger charge is -2.10. The van der Waals surface area contributed by atoms with E-state index in [2.05, 4.69) is 9.97 Å². The Morgan fingerprint density at radius 2 is 1.96 bits per heavy atom. The zero-order chi connectivity index (χ0) is 16.2. The highest BCUT2D eigenvalue weighted by atomic mass is 16.4. The molecule has 0 aliphatic heterocycles. The Morgan fingerprint density at radius 3 is 2.70 bits per heavy atom. The van der Waals surface area contributed by atoms with E-state index in [-0.39, 0.29) is 11.3 Å². The van der Waals surface area contributed by atoms with Crippen LogP contribution in [0.5, 0.6) is 5.75 Å². The number of carboxylic acids is 1. The van der Waals surface area contributed by atoms with Crippen molar-refractivity contribution < 1.29 is 15.0 Å². The first-order chi connectivity index (χ1) is 11.1. The second-order valence-electron chi connectivity index (χ2n) is 5.08. The number of hydrogen-bond acceptors (Lipinski definition) is 4. The minimum absolute atomic E-state index is 0.0545. The number of nitrogens with zero attached hydrogens (tertiary/aromatic N) is 2. The molecule has 0 atom stereocenters. The van der Waals surface area contributed by atoms with Crippen LogP contribution in [0.4, 0.5) is 0 Å². The smallest absolute Gasteiger partial charge is 0.335 e. The van der Waals surface area contributed by atoms with E-state index >= 15 is 0 Å². The van der Waals surface area contributed by atoms with E-state index in [0.717, 1.165) is 5.56 Å². The van der Waals surface area contributed by atoms with Crippen LogP contribution in [0.25, 0.3) is 11.1 Å². The standard InChI is InChI=1S/C18H14N2O3/c21-17-15(13-4-1-5-14(10-13)18(22)23)6-8-20-16(17)9-12-3-2-7-19-11-12/h1-8,10-11,21H,9H2,(H,22,23). The first-order valence-electron chi connectivity index (χ1n) is 7.04. The van der Waals surface area contributed by atoms with Gasteiger partial charge in [0.25, 0.3) is 0 Å². The van der Waals surface area contributed by atoms with Crippen molar-refractivity contribution >= 4 is 5.97 Å². The van der Waals surface area contributed by atoms with Gasteiger partial charge in [0.15, 0.2) is 0 Å². The summed E-state index contributed by atoms with van der Waals surface area (Å²) >= 11 is 0. The molecule has 0 saturated carbocycles. The number of benzene rings is 1. The molecule has 0 spiro atoms. The minimum atomic E-state index is -1.00. The third kappa shape index (κ3) is 3.18. The summed E-state index contributed by atoms with van der Waals surface area (Å²) < 4.78 is 0. The molecule has 0 amide bonds. The number of aromatic hydroxyl groups is 1. The molecule has 0 aliphatic rings.